The highest BCUT2D eigenvalue weighted by Crippen LogP contribution is 2.03. The van der Waals surface area contributed by atoms with E-state index in [9.17, 15) is 8.42 Å². The molecular formula is C8H14N2O3S. The molecule has 1 aromatic rings. The first kappa shape index (κ1) is 11.2. The molecule has 80 valence electrons. The minimum Gasteiger partial charge on any atom is -0.348 e. The van der Waals surface area contributed by atoms with Gasteiger partial charge in [-0.05, 0) is 19.3 Å². The molecule has 0 unspecified atom stereocenters. The zero-order valence-corrected chi connectivity index (χ0v) is 8.63. The third kappa shape index (κ3) is 4.98. The number of hydrogen-bond acceptors (Lipinski definition) is 3. The van der Waals surface area contributed by atoms with E-state index in [1.54, 1.807) is 12.5 Å². The Morgan fingerprint density at radius 2 is 2.14 bits per heavy atom. The van der Waals surface area contributed by atoms with Gasteiger partial charge in [-0.25, -0.2) is 4.98 Å². The SMILES string of the molecule is O=S(=O)(O)CCCCCc1cnc[nH]1. The van der Waals surface area contributed by atoms with Crippen LogP contribution in [-0.4, -0.2) is 28.7 Å². The molecule has 0 bridgehead atoms. The lowest BCUT2D eigenvalue weighted by Crippen LogP contribution is -2.03. The van der Waals surface area contributed by atoms with Crippen molar-refractivity contribution in [2.45, 2.75) is 25.7 Å². The molecular weight excluding hydrogens is 204 g/mol. The number of imidazole rings is 1. The molecule has 1 aromatic heterocycles. The number of aromatic amines is 1. The maximum atomic E-state index is 10.4. The highest BCUT2D eigenvalue weighted by molar-refractivity contribution is 7.85. The Kier molecular flexibility index (Phi) is 4.09. The number of nitrogens with zero attached hydrogens (tertiary/aromatic N) is 1. The zero-order valence-electron chi connectivity index (χ0n) is 7.81. The van der Waals surface area contributed by atoms with Crippen LogP contribution in [0.5, 0.6) is 0 Å². The number of nitrogens with one attached hydrogen (secondary N) is 1. The lowest BCUT2D eigenvalue weighted by molar-refractivity contribution is 0.479. The van der Waals surface area contributed by atoms with Crippen molar-refractivity contribution >= 4 is 10.1 Å². The van der Waals surface area contributed by atoms with Crippen LogP contribution in [0.15, 0.2) is 12.5 Å². The number of H-pyrrole nitrogens is 1. The van der Waals surface area contributed by atoms with Crippen LogP contribution >= 0.6 is 0 Å². The van der Waals surface area contributed by atoms with Gasteiger partial charge < -0.3 is 4.98 Å². The molecule has 2 N–H and O–H groups in total. The smallest absolute Gasteiger partial charge is 0.264 e. The Balaban J connectivity index is 2.06. The monoisotopic (exact) mass is 218 g/mol. The molecule has 0 saturated heterocycles. The third-order valence-corrected chi connectivity index (χ3v) is 2.71. The summed E-state index contributed by atoms with van der Waals surface area (Å²) in [5.74, 6) is -0.143. The second kappa shape index (κ2) is 5.11. The summed E-state index contributed by atoms with van der Waals surface area (Å²) in [6.45, 7) is 0. The second-order valence-electron chi connectivity index (χ2n) is 3.17. The van der Waals surface area contributed by atoms with Gasteiger partial charge in [-0.15, -0.1) is 0 Å². The van der Waals surface area contributed by atoms with Crippen molar-refractivity contribution in [3.05, 3.63) is 18.2 Å². The zero-order chi connectivity index (χ0) is 10.4. The molecule has 6 heteroatoms. The summed E-state index contributed by atoms with van der Waals surface area (Å²) < 4.78 is 29.2. The largest absolute Gasteiger partial charge is 0.348 e. The molecule has 1 rings (SSSR count). The van der Waals surface area contributed by atoms with Gasteiger partial charge in [0.05, 0.1) is 12.1 Å². The van der Waals surface area contributed by atoms with Crippen molar-refractivity contribution < 1.29 is 13.0 Å². The van der Waals surface area contributed by atoms with Crippen molar-refractivity contribution in [3.8, 4) is 0 Å². The van der Waals surface area contributed by atoms with Gasteiger partial charge in [0.15, 0.2) is 0 Å². The maximum absolute atomic E-state index is 10.4. The number of hydrogen-bond donors (Lipinski definition) is 2. The lowest BCUT2D eigenvalue weighted by atomic mass is 10.2. The topological polar surface area (TPSA) is 83.1 Å². The summed E-state index contributed by atoms with van der Waals surface area (Å²) in [5.41, 5.74) is 1.05. The Morgan fingerprint density at radius 1 is 1.36 bits per heavy atom. The van der Waals surface area contributed by atoms with Crippen molar-refractivity contribution in [1.29, 1.82) is 0 Å². The van der Waals surface area contributed by atoms with Gasteiger partial charge in [-0.2, -0.15) is 8.42 Å². The molecule has 14 heavy (non-hydrogen) atoms. The summed E-state index contributed by atoms with van der Waals surface area (Å²) in [6.07, 6.45) is 6.44. The average molecular weight is 218 g/mol. The molecule has 0 aromatic carbocycles. The van der Waals surface area contributed by atoms with Crippen molar-refractivity contribution in [2.75, 3.05) is 5.75 Å². The Bertz CT molecular complexity index is 345. The van der Waals surface area contributed by atoms with E-state index in [2.05, 4.69) is 9.97 Å². The summed E-state index contributed by atoms with van der Waals surface area (Å²) in [5, 5.41) is 0. The van der Waals surface area contributed by atoms with Crippen LogP contribution in [0.2, 0.25) is 0 Å². The molecule has 0 aliphatic rings. The number of rotatable bonds is 6. The predicted octanol–water partition coefficient (Wildman–Crippen LogP) is 1.01. The van der Waals surface area contributed by atoms with Crippen LogP contribution in [0.1, 0.15) is 25.0 Å². The normalized spacial score (nSPS) is 11.8. The van der Waals surface area contributed by atoms with Gasteiger partial charge >= 0.3 is 0 Å². The van der Waals surface area contributed by atoms with E-state index in [4.69, 9.17) is 4.55 Å². The summed E-state index contributed by atoms with van der Waals surface area (Å²) in [6, 6.07) is 0. The van der Waals surface area contributed by atoms with Gasteiger partial charge in [0, 0.05) is 11.9 Å². The van der Waals surface area contributed by atoms with E-state index in [-0.39, 0.29) is 5.75 Å². The van der Waals surface area contributed by atoms with E-state index in [1.165, 1.54) is 0 Å². The molecule has 0 spiro atoms. The van der Waals surface area contributed by atoms with Crippen molar-refractivity contribution in [1.82, 2.24) is 9.97 Å². The van der Waals surface area contributed by atoms with Crippen LogP contribution in [0, 0.1) is 0 Å². The van der Waals surface area contributed by atoms with Gasteiger partial charge in [0.25, 0.3) is 10.1 Å². The first-order valence-electron chi connectivity index (χ1n) is 4.50. The molecule has 0 aliphatic carbocycles. The average Bonchev–Trinajstić information content (AvgIpc) is 2.54. The summed E-state index contributed by atoms with van der Waals surface area (Å²) in [7, 11) is -3.78. The number of aromatic nitrogens is 2. The summed E-state index contributed by atoms with van der Waals surface area (Å²) >= 11 is 0. The highest BCUT2D eigenvalue weighted by atomic mass is 32.2. The standard InChI is InChI=1S/C8H14N2O3S/c11-14(12,13)5-3-1-2-4-8-6-9-7-10-8/h6-7H,1-5H2,(H,9,10)(H,11,12,13). The second-order valence-corrected chi connectivity index (χ2v) is 4.75. The van der Waals surface area contributed by atoms with E-state index in [0.717, 1.165) is 25.0 Å². The van der Waals surface area contributed by atoms with Crippen molar-refractivity contribution in [3.63, 3.8) is 0 Å². The first-order valence-corrected chi connectivity index (χ1v) is 6.11. The minimum atomic E-state index is -3.78. The maximum Gasteiger partial charge on any atom is 0.264 e. The fourth-order valence-electron chi connectivity index (χ4n) is 1.20. The van der Waals surface area contributed by atoms with Crippen LogP contribution in [0.3, 0.4) is 0 Å². The Hall–Kier alpha value is -0.880. The molecule has 0 amide bonds. The lowest BCUT2D eigenvalue weighted by Gasteiger charge is -1.98. The first-order chi connectivity index (χ1) is 6.58. The van der Waals surface area contributed by atoms with Gasteiger partial charge in [0.2, 0.25) is 0 Å². The van der Waals surface area contributed by atoms with Crippen LogP contribution in [0.4, 0.5) is 0 Å². The quantitative estimate of drug-likeness (QED) is 0.551. The van der Waals surface area contributed by atoms with Crippen molar-refractivity contribution in [2.24, 2.45) is 0 Å². The third-order valence-electron chi connectivity index (χ3n) is 1.90. The molecule has 0 saturated carbocycles. The van der Waals surface area contributed by atoms with Gasteiger partial charge in [-0.1, -0.05) is 6.42 Å². The molecule has 1 heterocycles. The fraction of sp³-hybridized carbons (Fsp3) is 0.625. The van der Waals surface area contributed by atoms with E-state index >= 15 is 0 Å². The predicted molar refractivity (Wildman–Crippen MR) is 52.6 cm³/mol. The number of unbranched alkanes of at least 4 members (excludes halogenated alkanes) is 2. The van der Waals surface area contributed by atoms with Gasteiger partial charge in [0.1, 0.15) is 0 Å². The van der Waals surface area contributed by atoms with Crippen LogP contribution in [0.25, 0.3) is 0 Å². The number of aryl methyl sites for hydroxylation is 1. The molecule has 0 atom stereocenters. The summed E-state index contributed by atoms with van der Waals surface area (Å²) in [4.78, 5) is 6.83. The Morgan fingerprint density at radius 3 is 2.71 bits per heavy atom. The Labute approximate surface area is 83.3 Å². The van der Waals surface area contributed by atoms with Crippen LogP contribution in [-0.2, 0) is 16.5 Å². The molecule has 0 radical (unpaired) electrons. The van der Waals surface area contributed by atoms with Gasteiger partial charge in [-0.3, -0.25) is 4.55 Å². The molecule has 0 fully saturated rings. The minimum absolute atomic E-state index is 0.143. The van der Waals surface area contributed by atoms with E-state index in [1.807, 2.05) is 0 Å². The fourth-order valence-corrected chi connectivity index (χ4v) is 1.77. The molecule has 0 aliphatic heterocycles. The van der Waals surface area contributed by atoms with Crippen LogP contribution < -0.4 is 0 Å². The highest BCUT2D eigenvalue weighted by Gasteiger charge is 2.03. The van der Waals surface area contributed by atoms with E-state index < -0.39 is 10.1 Å². The molecule has 5 nitrogen and oxygen atoms in total. The van der Waals surface area contributed by atoms with E-state index in [0.29, 0.717) is 6.42 Å².